The maximum atomic E-state index is 5.92. The Hall–Kier alpha value is -1.75. The Bertz CT molecular complexity index is 592. The average molecular weight is 260 g/mol. The predicted octanol–water partition coefficient (Wildman–Crippen LogP) is 1.78. The smallest absolute Gasteiger partial charge is 0.153 e. The molecule has 1 aliphatic heterocycles. The minimum atomic E-state index is 0.552. The molecule has 5 nitrogen and oxygen atoms in total. The molecule has 1 aromatic heterocycles. The van der Waals surface area contributed by atoms with Crippen LogP contribution in [0.25, 0.3) is 10.9 Å². The van der Waals surface area contributed by atoms with Crippen LogP contribution >= 0.6 is 0 Å². The average Bonchev–Trinajstić information content (AvgIpc) is 2.94. The number of aryl methyl sites for hydroxylation is 1. The normalized spacial score (nSPS) is 20.2. The van der Waals surface area contributed by atoms with Crippen LogP contribution in [0.5, 0.6) is 5.75 Å². The van der Waals surface area contributed by atoms with Crippen molar-refractivity contribution >= 4 is 16.7 Å². The fourth-order valence-corrected chi connectivity index (χ4v) is 2.82. The molecule has 0 spiro atoms. The van der Waals surface area contributed by atoms with E-state index < -0.39 is 0 Å². The van der Waals surface area contributed by atoms with Gasteiger partial charge in [-0.25, -0.2) is 0 Å². The van der Waals surface area contributed by atoms with Gasteiger partial charge in [-0.05, 0) is 38.6 Å². The Morgan fingerprint density at radius 3 is 3.11 bits per heavy atom. The highest BCUT2D eigenvalue weighted by Gasteiger charge is 2.20. The molecule has 1 aromatic carbocycles. The molecule has 0 saturated carbocycles. The maximum absolute atomic E-state index is 5.92. The zero-order valence-electron chi connectivity index (χ0n) is 11.4. The van der Waals surface area contributed by atoms with Crippen LogP contribution in [-0.2, 0) is 0 Å². The van der Waals surface area contributed by atoms with E-state index in [0.717, 1.165) is 35.4 Å². The lowest BCUT2D eigenvalue weighted by Crippen LogP contribution is -2.17. The van der Waals surface area contributed by atoms with Gasteiger partial charge in [-0.15, -0.1) is 0 Å². The molecular formula is C14H20N4O. The number of anilines is 1. The van der Waals surface area contributed by atoms with Crippen molar-refractivity contribution in [1.29, 1.82) is 0 Å². The number of fused-ring (bicyclic) bond motifs is 1. The predicted molar refractivity (Wildman–Crippen MR) is 76.3 cm³/mol. The van der Waals surface area contributed by atoms with Crippen molar-refractivity contribution in [1.82, 2.24) is 15.1 Å². The van der Waals surface area contributed by atoms with Crippen LogP contribution in [-0.4, -0.2) is 41.8 Å². The van der Waals surface area contributed by atoms with Gasteiger partial charge in [0.1, 0.15) is 5.75 Å². The number of ether oxygens (including phenoxy) is 1. The van der Waals surface area contributed by atoms with Gasteiger partial charge in [0.2, 0.25) is 0 Å². The Kier molecular flexibility index (Phi) is 3.06. The lowest BCUT2D eigenvalue weighted by atomic mass is 10.1. The maximum Gasteiger partial charge on any atom is 0.153 e. The number of hydrogen-bond acceptors (Lipinski definition) is 4. The third-order valence-electron chi connectivity index (χ3n) is 3.84. The summed E-state index contributed by atoms with van der Waals surface area (Å²) in [6.07, 6.45) is 1.22. The molecule has 1 atom stereocenters. The Morgan fingerprint density at radius 2 is 2.37 bits per heavy atom. The van der Waals surface area contributed by atoms with E-state index in [1.54, 1.807) is 0 Å². The third kappa shape index (κ3) is 2.38. The fourth-order valence-electron chi connectivity index (χ4n) is 2.82. The van der Waals surface area contributed by atoms with Gasteiger partial charge < -0.3 is 15.4 Å². The molecule has 2 heterocycles. The fraction of sp³-hybridized carbons (Fsp3) is 0.500. The topological polar surface area (TPSA) is 67.2 Å². The minimum absolute atomic E-state index is 0.552. The molecule has 19 heavy (non-hydrogen) atoms. The third-order valence-corrected chi connectivity index (χ3v) is 3.84. The molecular weight excluding hydrogens is 240 g/mol. The van der Waals surface area contributed by atoms with Crippen LogP contribution in [0.1, 0.15) is 12.0 Å². The van der Waals surface area contributed by atoms with Crippen molar-refractivity contribution in [2.24, 2.45) is 5.92 Å². The first-order chi connectivity index (χ1) is 9.13. The van der Waals surface area contributed by atoms with E-state index in [4.69, 9.17) is 10.5 Å². The van der Waals surface area contributed by atoms with Crippen molar-refractivity contribution in [2.45, 2.75) is 13.3 Å². The van der Waals surface area contributed by atoms with Crippen molar-refractivity contribution in [3.63, 3.8) is 0 Å². The van der Waals surface area contributed by atoms with Crippen LogP contribution in [0.3, 0.4) is 0 Å². The zero-order valence-corrected chi connectivity index (χ0v) is 11.4. The highest BCUT2D eigenvalue weighted by atomic mass is 16.5. The highest BCUT2D eigenvalue weighted by Crippen LogP contribution is 2.28. The largest absolute Gasteiger partial charge is 0.493 e. The second kappa shape index (κ2) is 4.74. The molecule has 2 aromatic rings. The number of likely N-dealkylation sites (tertiary alicyclic amines) is 1. The summed E-state index contributed by atoms with van der Waals surface area (Å²) < 4.78 is 5.92. The van der Waals surface area contributed by atoms with Gasteiger partial charge in [0.05, 0.1) is 12.1 Å². The van der Waals surface area contributed by atoms with Crippen LogP contribution in [0.4, 0.5) is 5.82 Å². The molecule has 5 heteroatoms. The van der Waals surface area contributed by atoms with Crippen LogP contribution in [0, 0.1) is 12.8 Å². The Morgan fingerprint density at radius 1 is 1.53 bits per heavy atom. The van der Waals surface area contributed by atoms with Gasteiger partial charge >= 0.3 is 0 Å². The van der Waals surface area contributed by atoms with Gasteiger partial charge in [-0.3, -0.25) is 5.10 Å². The SMILES string of the molecule is Cc1cc(OCC2CCN(C)C2)cc2[nH]nc(N)c12. The molecule has 1 unspecified atom stereocenters. The van der Waals surface area contributed by atoms with E-state index in [1.165, 1.54) is 13.0 Å². The quantitative estimate of drug-likeness (QED) is 0.883. The minimum Gasteiger partial charge on any atom is -0.493 e. The summed E-state index contributed by atoms with van der Waals surface area (Å²) in [5.41, 5.74) is 7.87. The van der Waals surface area contributed by atoms with Gasteiger partial charge in [-0.2, -0.15) is 5.10 Å². The molecule has 1 saturated heterocycles. The summed E-state index contributed by atoms with van der Waals surface area (Å²) in [7, 11) is 2.16. The lowest BCUT2D eigenvalue weighted by molar-refractivity contribution is 0.249. The molecule has 3 rings (SSSR count). The van der Waals surface area contributed by atoms with E-state index in [1.807, 2.05) is 19.1 Å². The number of aromatic amines is 1. The standard InChI is InChI=1S/C14H20N4O/c1-9-5-11(6-12-13(9)14(15)17-16-12)19-8-10-3-4-18(2)7-10/h5-6,10H,3-4,7-8H2,1-2H3,(H3,15,16,17). The Balaban J connectivity index is 1.74. The molecule has 102 valence electrons. The monoisotopic (exact) mass is 260 g/mol. The molecule has 0 amide bonds. The summed E-state index contributed by atoms with van der Waals surface area (Å²) in [5.74, 6) is 2.08. The number of nitrogens with two attached hydrogens (primary N) is 1. The zero-order chi connectivity index (χ0) is 13.4. The van der Waals surface area contributed by atoms with Crippen LogP contribution < -0.4 is 10.5 Å². The van der Waals surface area contributed by atoms with Gasteiger partial charge in [-0.1, -0.05) is 0 Å². The first kappa shape index (κ1) is 12.3. The number of hydrogen-bond donors (Lipinski definition) is 2. The molecule has 0 aliphatic carbocycles. The molecule has 1 fully saturated rings. The number of nitrogens with zero attached hydrogens (tertiary/aromatic N) is 2. The van der Waals surface area contributed by atoms with Crippen LogP contribution in [0.2, 0.25) is 0 Å². The van der Waals surface area contributed by atoms with Crippen LogP contribution in [0.15, 0.2) is 12.1 Å². The summed E-state index contributed by atoms with van der Waals surface area (Å²) in [4.78, 5) is 2.35. The number of nitrogen functional groups attached to an aromatic ring is 1. The second-order valence-corrected chi connectivity index (χ2v) is 5.50. The lowest BCUT2D eigenvalue weighted by Gasteiger charge is -2.13. The number of benzene rings is 1. The highest BCUT2D eigenvalue weighted by molar-refractivity contribution is 5.92. The summed E-state index contributed by atoms with van der Waals surface area (Å²) in [6, 6.07) is 4.01. The van der Waals surface area contributed by atoms with E-state index >= 15 is 0 Å². The van der Waals surface area contributed by atoms with Gasteiger partial charge in [0.25, 0.3) is 0 Å². The second-order valence-electron chi connectivity index (χ2n) is 5.50. The van der Waals surface area contributed by atoms with Gasteiger partial charge in [0.15, 0.2) is 5.82 Å². The number of H-pyrrole nitrogens is 1. The van der Waals surface area contributed by atoms with Crippen molar-refractivity contribution < 1.29 is 4.74 Å². The molecule has 3 N–H and O–H groups in total. The molecule has 1 aliphatic rings. The number of aromatic nitrogens is 2. The van der Waals surface area contributed by atoms with E-state index in [2.05, 4.69) is 22.1 Å². The van der Waals surface area contributed by atoms with E-state index in [0.29, 0.717) is 11.7 Å². The molecule has 0 radical (unpaired) electrons. The Labute approximate surface area is 112 Å². The van der Waals surface area contributed by atoms with Gasteiger partial charge in [0, 0.05) is 23.9 Å². The van der Waals surface area contributed by atoms with Crippen molar-refractivity contribution in [3.8, 4) is 5.75 Å². The first-order valence-corrected chi connectivity index (χ1v) is 6.69. The first-order valence-electron chi connectivity index (χ1n) is 6.69. The van der Waals surface area contributed by atoms with Crippen molar-refractivity contribution in [3.05, 3.63) is 17.7 Å². The van der Waals surface area contributed by atoms with E-state index in [9.17, 15) is 0 Å². The number of rotatable bonds is 3. The van der Waals surface area contributed by atoms with Crippen molar-refractivity contribution in [2.75, 3.05) is 32.5 Å². The molecule has 0 bridgehead atoms. The summed E-state index contributed by atoms with van der Waals surface area (Å²) in [6.45, 7) is 5.10. The number of nitrogens with one attached hydrogen (secondary N) is 1. The summed E-state index contributed by atoms with van der Waals surface area (Å²) in [5, 5.41) is 7.97. The van der Waals surface area contributed by atoms with E-state index in [-0.39, 0.29) is 0 Å². The summed E-state index contributed by atoms with van der Waals surface area (Å²) >= 11 is 0.